The van der Waals surface area contributed by atoms with Crippen molar-refractivity contribution < 1.29 is 13.6 Å². The zero-order chi connectivity index (χ0) is 17.2. The summed E-state index contributed by atoms with van der Waals surface area (Å²) in [5.74, 6) is 2.24. The summed E-state index contributed by atoms with van der Waals surface area (Å²) in [4.78, 5) is 10.6. The van der Waals surface area contributed by atoms with E-state index in [4.69, 9.17) is 13.6 Å². The minimum absolute atomic E-state index is 0.311. The monoisotopic (exact) mass is 340 g/mol. The van der Waals surface area contributed by atoms with Gasteiger partial charge in [0.15, 0.2) is 12.2 Å². The van der Waals surface area contributed by atoms with E-state index in [1.54, 1.807) is 19.5 Å². The molecule has 25 heavy (non-hydrogen) atoms. The highest BCUT2D eigenvalue weighted by atomic mass is 16.5. The second-order valence-electron chi connectivity index (χ2n) is 6.11. The summed E-state index contributed by atoms with van der Waals surface area (Å²) in [5, 5.41) is 3.19. The molecule has 1 atom stereocenters. The Morgan fingerprint density at radius 3 is 2.96 bits per heavy atom. The Bertz CT molecular complexity index is 844. The first-order valence-electron chi connectivity index (χ1n) is 8.24. The fraction of sp³-hybridized carbons (Fsp3) is 0.333. The first-order valence-corrected chi connectivity index (χ1v) is 8.24. The van der Waals surface area contributed by atoms with Crippen molar-refractivity contribution in [3.63, 3.8) is 0 Å². The number of rotatable bonds is 5. The van der Waals surface area contributed by atoms with Crippen molar-refractivity contribution in [2.24, 2.45) is 0 Å². The Morgan fingerprint density at radius 2 is 2.24 bits per heavy atom. The third kappa shape index (κ3) is 3.10. The van der Waals surface area contributed by atoms with Gasteiger partial charge in [0, 0.05) is 11.8 Å². The van der Waals surface area contributed by atoms with Gasteiger partial charge in [-0.25, -0.2) is 9.97 Å². The average Bonchev–Trinajstić information content (AvgIpc) is 3.36. The number of anilines is 2. The lowest BCUT2D eigenvalue weighted by Gasteiger charge is -2.15. The number of hydrogen-bond acceptors (Lipinski definition) is 7. The van der Waals surface area contributed by atoms with Crippen molar-refractivity contribution >= 4 is 11.7 Å². The van der Waals surface area contributed by atoms with Crippen molar-refractivity contribution in [2.75, 3.05) is 26.0 Å². The molecule has 0 amide bonds. The molecule has 7 heteroatoms. The van der Waals surface area contributed by atoms with Gasteiger partial charge in [-0.05, 0) is 38.6 Å². The van der Waals surface area contributed by atoms with Gasteiger partial charge in [-0.2, -0.15) is 0 Å². The van der Waals surface area contributed by atoms with Crippen molar-refractivity contribution in [3.05, 3.63) is 42.7 Å². The molecule has 1 aliphatic heterocycles. The summed E-state index contributed by atoms with van der Waals surface area (Å²) in [5.41, 5.74) is 1.67. The van der Waals surface area contributed by atoms with Gasteiger partial charge >= 0.3 is 0 Å². The first kappa shape index (κ1) is 15.7. The van der Waals surface area contributed by atoms with Gasteiger partial charge in [-0.1, -0.05) is 0 Å². The smallest absolute Gasteiger partial charge is 0.299 e. The number of methoxy groups -OCH3 is 1. The predicted octanol–water partition coefficient (Wildman–Crippen LogP) is 3.85. The van der Waals surface area contributed by atoms with E-state index in [9.17, 15) is 0 Å². The van der Waals surface area contributed by atoms with E-state index >= 15 is 0 Å². The molecule has 3 aromatic rings. The molecule has 1 fully saturated rings. The number of likely N-dealkylation sites (tertiary alicyclic amines) is 1. The molecule has 3 heterocycles. The summed E-state index contributed by atoms with van der Waals surface area (Å²) in [6.45, 7) is 1.09. The largest absolute Gasteiger partial charge is 0.496 e. The molecule has 1 aromatic carbocycles. The second-order valence-corrected chi connectivity index (χ2v) is 6.11. The number of nitrogens with one attached hydrogen (secondary N) is 1. The normalized spacial score (nSPS) is 17.8. The van der Waals surface area contributed by atoms with E-state index in [2.05, 4.69) is 27.2 Å². The first-order chi connectivity index (χ1) is 12.2. The topological polar surface area (TPSA) is 76.6 Å². The molecule has 0 bridgehead atoms. The number of oxazole rings is 2. The molecule has 1 N–H and O–H groups in total. The van der Waals surface area contributed by atoms with Crippen molar-refractivity contribution in [1.29, 1.82) is 0 Å². The van der Waals surface area contributed by atoms with Gasteiger partial charge < -0.3 is 18.9 Å². The molecule has 1 saturated heterocycles. The van der Waals surface area contributed by atoms with Gasteiger partial charge in [0.1, 0.15) is 11.5 Å². The lowest BCUT2D eigenvalue weighted by atomic mass is 10.1. The third-order valence-corrected chi connectivity index (χ3v) is 4.52. The molecule has 4 rings (SSSR count). The van der Waals surface area contributed by atoms with Gasteiger partial charge in [0.2, 0.25) is 0 Å². The SMILES string of the molecule is COc1cc(Nc2ncc(C3CCCN3C)o2)ccc1-c1cnco1. The van der Waals surface area contributed by atoms with Crippen LogP contribution in [0.5, 0.6) is 5.75 Å². The van der Waals surface area contributed by atoms with Gasteiger partial charge in [-0.15, -0.1) is 0 Å². The molecule has 2 aromatic heterocycles. The number of nitrogens with zero attached hydrogens (tertiary/aromatic N) is 3. The summed E-state index contributed by atoms with van der Waals surface area (Å²) >= 11 is 0. The molecule has 130 valence electrons. The summed E-state index contributed by atoms with van der Waals surface area (Å²) in [7, 11) is 3.73. The van der Waals surface area contributed by atoms with Crippen molar-refractivity contribution in [2.45, 2.75) is 18.9 Å². The van der Waals surface area contributed by atoms with Crippen LogP contribution in [-0.2, 0) is 0 Å². The lowest BCUT2D eigenvalue weighted by Crippen LogP contribution is -2.16. The zero-order valence-corrected chi connectivity index (χ0v) is 14.2. The van der Waals surface area contributed by atoms with E-state index in [1.807, 2.05) is 18.2 Å². The van der Waals surface area contributed by atoms with Crippen LogP contribution in [0.15, 0.2) is 45.8 Å². The maximum absolute atomic E-state index is 5.88. The fourth-order valence-electron chi connectivity index (χ4n) is 3.21. The Morgan fingerprint density at radius 1 is 1.32 bits per heavy atom. The molecular weight excluding hydrogens is 320 g/mol. The zero-order valence-electron chi connectivity index (χ0n) is 14.2. The van der Waals surface area contributed by atoms with Gasteiger partial charge in [-0.3, -0.25) is 4.90 Å². The van der Waals surface area contributed by atoms with E-state index < -0.39 is 0 Å². The van der Waals surface area contributed by atoms with Crippen molar-refractivity contribution in [1.82, 2.24) is 14.9 Å². The Labute approximate surface area is 145 Å². The van der Waals surface area contributed by atoms with E-state index in [0.29, 0.717) is 23.6 Å². The predicted molar refractivity (Wildman–Crippen MR) is 92.9 cm³/mol. The van der Waals surface area contributed by atoms with Crippen LogP contribution in [0.4, 0.5) is 11.7 Å². The summed E-state index contributed by atoms with van der Waals surface area (Å²) < 4.78 is 16.7. The van der Waals surface area contributed by atoms with Crippen LogP contribution in [0, 0.1) is 0 Å². The van der Waals surface area contributed by atoms with E-state index in [1.165, 1.54) is 12.8 Å². The van der Waals surface area contributed by atoms with Crippen molar-refractivity contribution in [3.8, 4) is 17.1 Å². The van der Waals surface area contributed by atoms with Crippen LogP contribution in [0.25, 0.3) is 11.3 Å². The standard InChI is InChI=1S/C18H20N4O3/c1-22-7-3-4-14(22)17-10-20-18(25-17)21-12-5-6-13(15(8-12)23-2)16-9-19-11-24-16/h5-6,8-11,14H,3-4,7H2,1-2H3,(H,20,21). The Balaban J connectivity index is 1.54. The van der Waals surface area contributed by atoms with E-state index in [0.717, 1.165) is 30.0 Å². The molecule has 1 aliphatic rings. The molecule has 7 nitrogen and oxygen atoms in total. The molecule has 0 spiro atoms. The van der Waals surface area contributed by atoms with Crippen LogP contribution in [0.2, 0.25) is 0 Å². The number of ether oxygens (including phenoxy) is 1. The van der Waals surface area contributed by atoms with Crippen LogP contribution in [0.1, 0.15) is 24.6 Å². The van der Waals surface area contributed by atoms with Crippen LogP contribution in [0.3, 0.4) is 0 Å². The minimum Gasteiger partial charge on any atom is -0.496 e. The highest BCUT2D eigenvalue weighted by Crippen LogP contribution is 2.34. The Kier molecular flexibility index (Phi) is 4.15. The second kappa shape index (κ2) is 6.60. The lowest BCUT2D eigenvalue weighted by molar-refractivity contribution is 0.278. The molecule has 1 unspecified atom stereocenters. The highest BCUT2D eigenvalue weighted by molar-refractivity contribution is 5.70. The average molecular weight is 340 g/mol. The molecule has 0 radical (unpaired) electrons. The summed E-state index contributed by atoms with van der Waals surface area (Å²) in [6, 6.07) is 6.50. The maximum atomic E-state index is 5.88. The molecule has 0 aliphatic carbocycles. The quantitative estimate of drug-likeness (QED) is 0.756. The maximum Gasteiger partial charge on any atom is 0.299 e. The van der Waals surface area contributed by atoms with Crippen LogP contribution < -0.4 is 10.1 Å². The number of aromatic nitrogens is 2. The fourth-order valence-corrected chi connectivity index (χ4v) is 3.21. The van der Waals surface area contributed by atoms with Crippen LogP contribution in [-0.4, -0.2) is 35.6 Å². The summed E-state index contributed by atoms with van der Waals surface area (Å²) in [6.07, 6.45) is 7.14. The molecular formula is C18H20N4O3. The van der Waals surface area contributed by atoms with Gasteiger partial charge in [0.25, 0.3) is 6.01 Å². The van der Waals surface area contributed by atoms with Gasteiger partial charge in [0.05, 0.1) is 31.1 Å². The third-order valence-electron chi connectivity index (χ3n) is 4.52. The number of hydrogen-bond donors (Lipinski definition) is 1. The van der Waals surface area contributed by atoms with Crippen LogP contribution >= 0.6 is 0 Å². The Hall–Kier alpha value is -2.80. The minimum atomic E-state index is 0.311. The molecule has 0 saturated carbocycles. The number of benzene rings is 1. The highest BCUT2D eigenvalue weighted by Gasteiger charge is 2.26. The van der Waals surface area contributed by atoms with E-state index in [-0.39, 0.29) is 0 Å².